The number of nitrogens with zero attached hydrogens (tertiary/aromatic N) is 6. The van der Waals surface area contributed by atoms with Crippen LogP contribution in [-0.2, 0) is 19.4 Å². The summed E-state index contributed by atoms with van der Waals surface area (Å²) in [6, 6.07) is 19.0. The van der Waals surface area contributed by atoms with Gasteiger partial charge in [0.15, 0.2) is 5.13 Å². The molecule has 2 heterocycles. The Kier molecular flexibility index (Phi) is 7.34. The average molecular weight is 508 g/mol. The summed E-state index contributed by atoms with van der Waals surface area (Å²) >= 11 is 1.56. The molecule has 184 valence electrons. The van der Waals surface area contributed by atoms with Gasteiger partial charge in [0, 0.05) is 22.4 Å². The molecule has 2 aromatic carbocycles. The lowest BCUT2D eigenvalue weighted by molar-refractivity contribution is 0.102. The number of nitrogens with one attached hydrogen (secondary N) is 1. The van der Waals surface area contributed by atoms with Crippen LogP contribution in [-0.4, -0.2) is 25.9 Å². The minimum atomic E-state index is -0.185. The zero-order valence-corrected chi connectivity index (χ0v) is 21.0. The number of amides is 1. The number of nitriles is 2. The Morgan fingerprint density at radius 2 is 2.05 bits per heavy atom. The molecule has 0 radical (unpaired) electrons. The summed E-state index contributed by atoms with van der Waals surface area (Å²) in [5.74, 6) is 0.408. The van der Waals surface area contributed by atoms with E-state index in [-0.39, 0.29) is 5.91 Å². The summed E-state index contributed by atoms with van der Waals surface area (Å²) in [6.07, 6.45) is 7.47. The van der Waals surface area contributed by atoms with Gasteiger partial charge in [-0.2, -0.15) is 10.5 Å². The summed E-state index contributed by atoms with van der Waals surface area (Å²) in [5, 5.41) is 29.8. The summed E-state index contributed by atoms with van der Waals surface area (Å²) in [4.78, 5) is 18.9. The van der Waals surface area contributed by atoms with Crippen molar-refractivity contribution in [3.8, 4) is 23.4 Å². The Balaban J connectivity index is 1.21. The van der Waals surface area contributed by atoms with Crippen LogP contribution in [0.1, 0.15) is 57.7 Å². The number of carbonyl (C=O) groups excluding carboxylic acids is 1. The largest absolute Gasteiger partial charge is 0.298 e. The molecule has 9 heteroatoms. The van der Waals surface area contributed by atoms with Crippen molar-refractivity contribution >= 4 is 22.4 Å². The SMILES string of the molecule is N#CCCC[C@H]1CCc2nc(NC(=O)c3cccc(Cn4cc(-c5ccc(C#N)cc5)nn4)c3)sc2C1. The number of carbonyl (C=O) groups is 1. The van der Waals surface area contributed by atoms with E-state index in [1.165, 1.54) is 4.88 Å². The fourth-order valence-corrected chi connectivity index (χ4v) is 5.72. The average Bonchev–Trinajstić information content (AvgIpc) is 3.55. The molecule has 1 atom stereocenters. The third kappa shape index (κ3) is 5.91. The van der Waals surface area contributed by atoms with Crippen molar-refractivity contribution in [2.45, 2.75) is 45.1 Å². The van der Waals surface area contributed by atoms with Crippen molar-refractivity contribution in [2.24, 2.45) is 5.92 Å². The first kappa shape index (κ1) is 24.4. The number of aryl methyl sites for hydroxylation is 1. The molecule has 1 N–H and O–H groups in total. The van der Waals surface area contributed by atoms with Crippen LogP contribution in [0.25, 0.3) is 11.3 Å². The molecule has 1 aliphatic rings. The van der Waals surface area contributed by atoms with Gasteiger partial charge in [0.05, 0.1) is 36.1 Å². The predicted octanol–water partition coefficient (Wildman–Crippen LogP) is 5.37. The first-order valence-corrected chi connectivity index (χ1v) is 13.1. The summed E-state index contributed by atoms with van der Waals surface area (Å²) < 4.78 is 1.73. The third-order valence-electron chi connectivity index (χ3n) is 6.55. The molecule has 0 unspecified atom stereocenters. The normalized spacial score (nSPS) is 14.4. The molecular weight excluding hydrogens is 482 g/mol. The van der Waals surface area contributed by atoms with Gasteiger partial charge in [-0.3, -0.25) is 10.1 Å². The van der Waals surface area contributed by atoms with Gasteiger partial charge in [0.25, 0.3) is 5.91 Å². The highest BCUT2D eigenvalue weighted by Crippen LogP contribution is 2.34. The molecule has 8 nitrogen and oxygen atoms in total. The van der Waals surface area contributed by atoms with Crippen LogP contribution < -0.4 is 5.32 Å². The molecule has 0 saturated heterocycles. The molecule has 2 aromatic heterocycles. The Labute approximate surface area is 219 Å². The van der Waals surface area contributed by atoms with Crippen LogP contribution in [0.15, 0.2) is 54.7 Å². The lowest BCUT2D eigenvalue weighted by Crippen LogP contribution is -2.13. The van der Waals surface area contributed by atoms with Crippen LogP contribution in [0.3, 0.4) is 0 Å². The highest BCUT2D eigenvalue weighted by molar-refractivity contribution is 7.15. The number of benzene rings is 2. The van der Waals surface area contributed by atoms with Crippen molar-refractivity contribution < 1.29 is 4.79 Å². The molecule has 0 saturated carbocycles. The van der Waals surface area contributed by atoms with E-state index in [1.807, 2.05) is 36.5 Å². The second-order valence-electron chi connectivity index (χ2n) is 9.19. The maximum atomic E-state index is 13.0. The number of hydrogen-bond donors (Lipinski definition) is 1. The van der Waals surface area contributed by atoms with E-state index in [2.05, 4.69) is 32.8 Å². The summed E-state index contributed by atoms with van der Waals surface area (Å²) in [5.41, 5.74) is 4.79. The minimum absolute atomic E-state index is 0.185. The van der Waals surface area contributed by atoms with Crippen molar-refractivity contribution in [1.29, 1.82) is 10.5 Å². The van der Waals surface area contributed by atoms with Gasteiger partial charge in [-0.15, -0.1) is 16.4 Å². The molecule has 0 fully saturated rings. The predicted molar refractivity (Wildman–Crippen MR) is 141 cm³/mol. The van der Waals surface area contributed by atoms with Crippen LogP contribution in [0.4, 0.5) is 5.13 Å². The monoisotopic (exact) mass is 507 g/mol. The van der Waals surface area contributed by atoms with E-state index in [0.717, 1.165) is 54.6 Å². The lowest BCUT2D eigenvalue weighted by atomic mass is 9.87. The molecule has 37 heavy (non-hydrogen) atoms. The molecular formula is C28H25N7OS. The Hall–Kier alpha value is -4.34. The van der Waals surface area contributed by atoms with Gasteiger partial charge in [-0.25, -0.2) is 9.67 Å². The topological polar surface area (TPSA) is 120 Å². The highest BCUT2D eigenvalue weighted by atomic mass is 32.1. The molecule has 4 aromatic rings. The van der Waals surface area contributed by atoms with E-state index >= 15 is 0 Å². The molecule has 1 aliphatic carbocycles. The number of thiazole rings is 1. The maximum Gasteiger partial charge on any atom is 0.257 e. The third-order valence-corrected chi connectivity index (χ3v) is 7.58. The van der Waals surface area contributed by atoms with E-state index in [1.54, 1.807) is 34.2 Å². The number of anilines is 1. The Morgan fingerprint density at radius 1 is 1.19 bits per heavy atom. The number of rotatable bonds is 8. The van der Waals surface area contributed by atoms with Crippen LogP contribution in [0.5, 0.6) is 0 Å². The molecule has 0 bridgehead atoms. The summed E-state index contributed by atoms with van der Waals surface area (Å²) in [6.45, 7) is 0.475. The number of fused-ring (bicyclic) bond motifs is 1. The van der Waals surface area contributed by atoms with E-state index in [0.29, 0.717) is 35.1 Å². The second kappa shape index (κ2) is 11.2. The van der Waals surface area contributed by atoms with Crippen molar-refractivity contribution in [1.82, 2.24) is 20.0 Å². The number of hydrogen-bond acceptors (Lipinski definition) is 7. The fraction of sp³-hybridized carbons (Fsp3) is 0.286. The first-order chi connectivity index (χ1) is 18.1. The zero-order chi connectivity index (χ0) is 25.6. The molecule has 0 spiro atoms. The Bertz CT molecular complexity index is 1490. The maximum absolute atomic E-state index is 13.0. The van der Waals surface area contributed by atoms with E-state index < -0.39 is 0 Å². The minimum Gasteiger partial charge on any atom is -0.298 e. The molecule has 0 aliphatic heterocycles. The van der Waals surface area contributed by atoms with Gasteiger partial charge >= 0.3 is 0 Å². The van der Waals surface area contributed by atoms with Crippen molar-refractivity contribution in [2.75, 3.05) is 5.32 Å². The van der Waals surface area contributed by atoms with Crippen molar-refractivity contribution in [3.05, 3.63) is 82.0 Å². The van der Waals surface area contributed by atoms with Gasteiger partial charge < -0.3 is 0 Å². The quantitative estimate of drug-likeness (QED) is 0.320. The van der Waals surface area contributed by atoms with Gasteiger partial charge in [-0.05, 0) is 67.9 Å². The van der Waals surface area contributed by atoms with Crippen LogP contribution in [0, 0.1) is 28.6 Å². The second-order valence-corrected chi connectivity index (χ2v) is 10.3. The lowest BCUT2D eigenvalue weighted by Gasteiger charge is -2.20. The first-order valence-electron chi connectivity index (χ1n) is 12.3. The van der Waals surface area contributed by atoms with Crippen LogP contribution >= 0.6 is 11.3 Å². The van der Waals surface area contributed by atoms with E-state index in [4.69, 9.17) is 10.5 Å². The summed E-state index contributed by atoms with van der Waals surface area (Å²) in [7, 11) is 0. The Morgan fingerprint density at radius 3 is 2.86 bits per heavy atom. The van der Waals surface area contributed by atoms with Crippen LogP contribution in [0.2, 0.25) is 0 Å². The van der Waals surface area contributed by atoms with Gasteiger partial charge in [-0.1, -0.05) is 29.5 Å². The number of aromatic nitrogens is 4. The van der Waals surface area contributed by atoms with Crippen molar-refractivity contribution in [3.63, 3.8) is 0 Å². The van der Waals surface area contributed by atoms with Gasteiger partial charge in [0.1, 0.15) is 5.69 Å². The zero-order valence-electron chi connectivity index (χ0n) is 20.2. The fourth-order valence-electron chi connectivity index (χ4n) is 4.60. The molecule has 1 amide bonds. The smallest absolute Gasteiger partial charge is 0.257 e. The standard InChI is InChI=1S/C28H25N7OS/c29-13-2-1-4-19-9-12-24-26(15-19)37-28(31-24)32-27(36)23-6-3-5-21(14-23)17-35-18-25(33-34-35)22-10-7-20(16-30)8-11-22/h3,5-8,10-11,14,18-19H,1-2,4,9,12,15,17H2,(H,31,32,36)/t19-/m0/s1. The number of unbranched alkanes of at least 4 members (excludes halogenated alkanes) is 1. The van der Waals surface area contributed by atoms with E-state index in [9.17, 15) is 4.79 Å². The van der Waals surface area contributed by atoms with Gasteiger partial charge in [0.2, 0.25) is 0 Å². The highest BCUT2D eigenvalue weighted by Gasteiger charge is 2.23. The molecule has 5 rings (SSSR count).